The zero-order valence-electron chi connectivity index (χ0n) is 15.1. The maximum Gasteiger partial charge on any atom is 0.252 e. The fourth-order valence-electron chi connectivity index (χ4n) is 2.95. The van der Waals surface area contributed by atoms with Crippen molar-refractivity contribution in [2.24, 2.45) is 5.73 Å². The van der Waals surface area contributed by atoms with Crippen molar-refractivity contribution in [2.75, 3.05) is 10.6 Å². The van der Waals surface area contributed by atoms with E-state index in [0.29, 0.717) is 23.6 Å². The second-order valence-electron chi connectivity index (χ2n) is 6.35. The van der Waals surface area contributed by atoms with E-state index in [1.54, 1.807) is 12.3 Å². The second-order valence-corrected chi connectivity index (χ2v) is 6.35. The fourth-order valence-corrected chi connectivity index (χ4v) is 2.95. The Balaban J connectivity index is 1.59. The lowest BCUT2D eigenvalue weighted by atomic mass is 10.1. The Bertz CT molecular complexity index is 1130. The number of fused-ring (bicyclic) bond motifs is 1. The van der Waals surface area contributed by atoms with Gasteiger partial charge in [-0.3, -0.25) is 9.78 Å². The molecule has 28 heavy (non-hydrogen) atoms. The predicted octanol–water partition coefficient (Wildman–Crippen LogP) is 4.08. The van der Waals surface area contributed by atoms with Crippen molar-refractivity contribution < 1.29 is 4.79 Å². The number of rotatable bonds is 6. The highest BCUT2D eigenvalue weighted by Crippen LogP contribution is 2.24. The number of benzene rings is 2. The fraction of sp³-hybridized carbons (Fsp3) is 0.0455. The highest BCUT2D eigenvalue weighted by molar-refractivity contribution is 5.98. The van der Waals surface area contributed by atoms with Gasteiger partial charge in [0.25, 0.3) is 5.91 Å². The number of hydrogen-bond donors (Lipinski definition) is 3. The average molecular weight is 369 g/mol. The zero-order valence-corrected chi connectivity index (χ0v) is 15.1. The van der Waals surface area contributed by atoms with Crippen LogP contribution in [0.2, 0.25) is 0 Å². The first kappa shape index (κ1) is 17.5. The van der Waals surface area contributed by atoms with Crippen LogP contribution in [0.1, 0.15) is 15.9 Å². The number of pyridine rings is 2. The van der Waals surface area contributed by atoms with Crippen molar-refractivity contribution in [1.82, 2.24) is 9.97 Å². The molecule has 4 N–H and O–H groups in total. The van der Waals surface area contributed by atoms with Gasteiger partial charge in [0.15, 0.2) is 0 Å². The lowest BCUT2D eigenvalue weighted by molar-refractivity contribution is 0.100. The molecule has 0 spiro atoms. The van der Waals surface area contributed by atoms with E-state index in [1.165, 1.54) is 6.20 Å². The molecule has 0 saturated heterocycles. The van der Waals surface area contributed by atoms with Crippen molar-refractivity contribution in [1.29, 1.82) is 0 Å². The molecule has 0 saturated carbocycles. The molecule has 138 valence electrons. The number of anilines is 3. The second kappa shape index (κ2) is 7.75. The number of carbonyl (C=O) groups is 1. The molecule has 0 fully saturated rings. The third-order valence-electron chi connectivity index (χ3n) is 4.37. The monoisotopic (exact) mass is 369 g/mol. The van der Waals surface area contributed by atoms with Crippen LogP contribution in [-0.4, -0.2) is 15.9 Å². The van der Waals surface area contributed by atoms with E-state index in [9.17, 15) is 4.79 Å². The van der Waals surface area contributed by atoms with Crippen LogP contribution in [0.5, 0.6) is 0 Å². The van der Waals surface area contributed by atoms with Crippen molar-refractivity contribution >= 4 is 34.0 Å². The number of nitrogens with one attached hydrogen (secondary N) is 2. The van der Waals surface area contributed by atoms with Crippen molar-refractivity contribution in [2.45, 2.75) is 6.54 Å². The molecule has 2 heterocycles. The van der Waals surface area contributed by atoms with E-state index < -0.39 is 5.91 Å². The van der Waals surface area contributed by atoms with E-state index in [2.05, 4.69) is 20.6 Å². The Morgan fingerprint density at radius 2 is 1.82 bits per heavy atom. The van der Waals surface area contributed by atoms with Crippen LogP contribution in [0.4, 0.5) is 17.2 Å². The predicted molar refractivity (Wildman–Crippen MR) is 112 cm³/mol. The normalized spacial score (nSPS) is 10.6. The number of aromatic nitrogens is 2. The van der Waals surface area contributed by atoms with Gasteiger partial charge in [0.1, 0.15) is 5.82 Å². The third-order valence-corrected chi connectivity index (χ3v) is 4.37. The van der Waals surface area contributed by atoms with Gasteiger partial charge in [-0.15, -0.1) is 0 Å². The Morgan fingerprint density at radius 1 is 0.964 bits per heavy atom. The minimum absolute atomic E-state index is 0.349. The van der Waals surface area contributed by atoms with Crippen molar-refractivity contribution in [3.8, 4) is 0 Å². The van der Waals surface area contributed by atoms with E-state index in [4.69, 9.17) is 5.73 Å². The Morgan fingerprint density at radius 3 is 2.64 bits per heavy atom. The van der Waals surface area contributed by atoms with Crippen LogP contribution in [0.25, 0.3) is 10.9 Å². The van der Waals surface area contributed by atoms with E-state index >= 15 is 0 Å². The maximum atomic E-state index is 11.8. The largest absolute Gasteiger partial charge is 0.380 e. The Hall–Kier alpha value is -3.93. The van der Waals surface area contributed by atoms with Crippen LogP contribution < -0.4 is 16.4 Å². The summed E-state index contributed by atoms with van der Waals surface area (Å²) in [6, 6.07) is 21.5. The number of carbonyl (C=O) groups excluding carboxylic acids is 1. The first-order valence-corrected chi connectivity index (χ1v) is 8.88. The van der Waals surface area contributed by atoms with Gasteiger partial charge in [0, 0.05) is 36.1 Å². The average Bonchev–Trinajstić information content (AvgIpc) is 2.73. The van der Waals surface area contributed by atoms with Gasteiger partial charge in [-0.05, 0) is 23.8 Å². The molecule has 0 aliphatic carbocycles. The van der Waals surface area contributed by atoms with Gasteiger partial charge in [0.05, 0.1) is 16.8 Å². The lowest BCUT2D eigenvalue weighted by Gasteiger charge is -2.13. The van der Waals surface area contributed by atoms with Gasteiger partial charge in [-0.2, -0.15) is 0 Å². The lowest BCUT2D eigenvalue weighted by Crippen LogP contribution is -2.15. The molecule has 0 bridgehead atoms. The highest BCUT2D eigenvalue weighted by atomic mass is 16.1. The summed E-state index contributed by atoms with van der Waals surface area (Å²) in [4.78, 5) is 20.4. The molecular formula is C22H19N5O. The summed E-state index contributed by atoms with van der Waals surface area (Å²) in [5, 5.41) is 7.60. The molecule has 1 amide bonds. The quantitative estimate of drug-likeness (QED) is 0.476. The van der Waals surface area contributed by atoms with Crippen molar-refractivity contribution in [3.63, 3.8) is 0 Å². The first-order valence-electron chi connectivity index (χ1n) is 8.88. The number of nitrogens with two attached hydrogens (primary N) is 1. The smallest absolute Gasteiger partial charge is 0.252 e. The number of hydrogen-bond acceptors (Lipinski definition) is 5. The number of amides is 1. The van der Waals surface area contributed by atoms with E-state index in [0.717, 1.165) is 22.2 Å². The number of primary amides is 1. The summed E-state index contributed by atoms with van der Waals surface area (Å²) in [7, 11) is 0. The molecule has 0 unspecified atom stereocenters. The van der Waals surface area contributed by atoms with Gasteiger partial charge in [0.2, 0.25) is 0 Å². The SMILES string of the molecule is NC(=O)c1cnc(Nc2ccc3cccnc3c2)cc1NCc1ccccc1. The van der Waals surface area contributed by atoms with E-state index in [-0.39, 0.29) is 0 Å². The molecular weight excluding hydrogens is 350 g/mol. The maximum absolute atomic E-state index is 11.8. The topological polar surface area (TPSA) is 92.9 Å². The molecule has 6 heteroatoms. The third kappa shape index (κ3) is 3.91. The zero-order chi connectivity index (χ0) is 19.3. The minimum Gasteiger partial charge on any atom is -0.380 e. The molecule has 0 atom stereocenters. The van der Waals surface area contributed by atoms with Gasteiger partial charge >= 0.3 is 0 Å². The van der Waals surface area contributed by atoms with Crippen LogP contribution >= 0.6 is 0 Å². The molecule has 0 radical (unpaired) electrons. The molecule has 4 aromatic rings. The summed E-state index contributed by atoms with van der Waals surface area (Å²) >= 11 is 0. The summed E-state index contributed by atoms with van der Waals surface area (Å²) in [5.41, 5.74) is 9.34. The highest BCUT2D eigenvalue weighted by Gasteiger charge is 2.11. The Labute approximate surface area is 162 Å². The van der Waals surface area contributed by atoms with Crippen LogP contribution in [0, 0.1) is 0 Å². The summed E-state index contributed by atoms with van der Waals surface area (Å²) in [6.45, 7) is 0.574. The van der Waals surface area contributed by atoms with Gasteiger partial charge in [-0.25, -0.2) is 4.98 Å². The molecule has 0 aliphatic rings. The standard InChI is InChI=1S/C22H19N5O/c23-22(28)18-14-26-21(12-20(18)25-13-15-5-2-1-3-6-15)27-17-9-8-16-7-4-10-24-19(16)11-17/h1-12,14H,13H2,(H2,23,28)(H2,25,26,27). The van der Waals surface area contributed by atoms with Crippen LogP contribution in [0.15, 0.2) is 79.1 Å². The van der Waals surface area contributed by atoms with Crippen molar-refractivity contribution in [3.05, 3.63) is 90.3 Å². The van der Waals surface area contributed by atoms with Gasteiger partial charge in [-0.1, -0.05) is 42.5 Å². The summed E-state index contributed by atoms with van der Waals surface area (Å²) in [6.07, 6.45) is 3.24. The van der Waals surface area contributed by atoms with E-state index in [1.807, 2.05) is 60.7 Å². The minimum atomic E-state index is -0.524. The molecule has 2 aromatic heterocycles. The molecule has 0 aliphatic heterocycles. The van der Waals surface area contributed by atoms with Gasteiger partial charge < -0.3 is 16.4 Å². The Kier molecular flexibility index (Phi) is 4.84. The number of nitrogens with zero attached hydrogens (tertiary/aromatic N) is 2. The van der Waals surface area contributed by atoms with Crippen LogP contribution in [0.3, 0.4) is 0 Å². The summed E-state index contributed by atoms with van der Waals surface area (Å²) < 4.78 is 0. The van der Waals surface area contributed by atoms with Crippen LogP contribution in [-0.2, 0) is 6.54 Å². The molecule has 4 rings (SSSR count). The molecule has 6 nitrogen and oxygen atoms in total. The first-order chi connectivity index (χ1) is 13.7. The summed E-state index contributed by atoms with van der Waals surface area (Å²) in [5.74, 6) is 0.0837. The molecule has 2 aromatic carbocycles.